The summed E-state index contributed by atoms with van der Waals surface area (Å²) < 4.78 is 0. The number of hydrogen-bond donors (Lipinski definition) is 0. The lowest BCUT2D eigenvalue weighted by Gasteiger charge is -2.14. The van der Waals surface area contributed by atoms with Gasteiger partial charge in [0.2, 0.25) is 0 Å². The third kappa shape index (κ3) is 7.17. The Labute approximate surface area is 326 Å². The Morgan fingerprint density at radius 3 is 1.52 bits per heavy atom. The highest BCUT2D eigenvalue weighted by Gasteiger charge is 2.18. The molecule has 0 aliphatic rings. The molecule has 0 saturated heterocycles. The van der Waals surface area contributed by atoms with E-state index in [-0.39, 0.29) is 0 Å². The van der Waals surface area contributed by atoms with Gasteiger partial charge in [-0.05, 0) is 45.7 Å². The molecule has 0 aliphatic carbocycles. The predicted octanol–water partition coefficient (Wildman–Crippen LogP) is 12.4. The van der Waals surface area contributed by atoms with Gasteiger partial charge in [-0.15, -0.1) is 0 Å². The van der Waals surface area contributed by atoms with Crippen LogP contribution in [0.1, 0.15) is 22.5 Å². The molecule has 2 aromatic heterocycles. The molecule has 0 saturated carbocycles. The van der Waals surface area contributed by atoms with Gasteiger partial charge in [-0.3, -0.25) is 0 Å². The average Bonchev–Trinajstić information content (AvgIpc) is 3.29. The van der Waals surface area contributed by atoms with Crippen LogP contribution in [0.15, 0.2) is 195 Å². The Hall–Kier alpha value is -7.63. The van der Waals surface area contributed by atoms with Crippen molar-refractivity contribution in [3.63, 3.8) is 0 Å². The summed E-state index contributed by atoms with van der Waals surface area (Å²) in [6, 6.07) is 63.8. The van der Waals surface area contributed by atoms with Gasteiger partial charge >= 0.3 is 0 Å². The van der Waals surface area contributed by atoms with Crippen molar-refractivity contribution < 1.29 is 0 Å². The molecule has 2 heterocycles. The molecule has 7 aromatic carbocycles. The molecule has 0 radical (unpaired) electrons. The largest absolute Gasteiger partial charge is 0.228 e. The average molecular weight is 718 g/mol. The van der Waals surface area contributed by atoms with Crippen molar-refractivity contribution >= 4 is 28.5 Å². The molecule has 0 amide bonds. The van der Waals surface area contributed by atoms with E-state index in [9.17, 15) is 0 Å². The molecular formula is C51H35N5. The first-order chi connectivity index (χ1) is 27.7. The minimum absolute atomic E-state index is 0.569. The molecule has 9 rings (SSSR count). The normalized spacial score (nSPS) is 11.4. The summed E-state index contributed by atoms with van der Waals surface area (Å²) in [5.41, 5.74) is 10.3. The van der Waals surface area contributed by atoms with E-state index in [0.717, 1.165) is 66.9 Å². The van der Waals surface area contributed by atoms with E-state index in [0.29, 0.717) is 23.3 Å². The van der Waals surface area contributed by atoms with E-state index in [4.69, 9.17) is 24.9 Å². The maximum absolute atomic E-state index is 5.13. The summed E-state index contributed by atoms with van der Waals surface area (Å²) in [6.45, 7) is 4.13. The summed E-state index contributed by atoms with van der Waals surface area (Å²) >= 11 is 0. The van der Waals surface area contributed by atoms with Gasteiger partial charge in [-0.1, -0.05) is 189 Å². The van der Waals surface area contributed by atoms with Gasteiger partial charge in [0.1, 0.15) is 0 Å². The van der Waals surface area contributed by atoms with Crippen LogP contribution in [-0.4, -0.2) is 24.9 Å². The van der Waals surface area contributed by atoms with Crippen molar-refractivity contribution in [1.29, 1.82) is 0 Å². The first-order valence-electron chi connectivity index (χ1n) is 18.5. The van der Waals surface area contributed by atoms with Crippen molar-refractivity contribution in [2.45, 2.75) is 0 Å². The van der Waals surface area contributed by atoms with E-state index in [2.05, 4.69) is 110 Å². The van der Waals surface area contributed by atoms with Crippen LogP contribution in [0.25, 0.3) is 85.2 Å². The molecule has 56 heavy (non-hydrogen) atoms. The Morgan fingerprint density at radius 2 is 0.893 bits per heavy atom. The second-order valence-corrected chi connectivity index (χ2v) is 13.4. The van der Waals surface area contributed by atoms with Crippen LogP contribution in [0.4, 0.5) is 0 Å². The highest BCUT2D eigenvalue weighted by Crippen LogP contribution is 2.33. The molecule has 0 fully saturated rings. The topological polar surface area (TPSA) is 64.5 Å². The molecule has 0 aliphatic heterocycles. The van der Waals surface area contributed by atoms with Gasteiger partial charge in [0.15, 0.2) is 23.3 Å². The third-order valence-corrected chi connectivity index (χ3v) is 9.73. The van der Waals surface area contributed by atoms with Gasteiger partial charge < -0.3 is 0 Å². The van der Waals surface area contributed by atoms with Gasteiger partial charge in [0, 0.05) is 33.4 Å². The molecule has 0 unspecified atom stereocenters. The quantitative estimate of drug-likeness (QED) is 0.139. The van der Waals surface area contributed by atoms with Gasteiger partial charge in [-0.2, -0.15) is 0 Å². The first kappa shape index (κ1) is 34.2. The fourth-order valence-electron chi connectivity index (χ4n) is 6.84. The van der Waals surface area contributed by atoms with Crippen molar-refractivity contribution in [2.75, 3.05) is 0 Å². The van der Waals surface area contributed by atoms with Gasteiger partial charge in [0.05, 0.1) is 11.4 Å². The van der Waals surface area contributed by atoms with Crippen molar-refractivity contribution in [3.8, 4) is 56.7 Å². The Kier molecular flexibility index (Phi) is 9.38. The van der Waals surface area contributed by atoms with Crippen LogP contribution in [-0.2, 0) is 0 Å². The van der Waals surface area contributed by atoms with Crippen LogP contribution >= 0.6 is 0 Å². The van der Waals surface area contributed by atoms with Crippen molar-refractivity contribution in [3.05, 3.63) is 217 Å². The van der Waals surface area contributed by atoms with Gasteiger partial charge in [-0.25, -0.2) is 24.9 Å². The van der Waals surface area contributed by atoms with Crippen molar-refractivity contribution in [1.82, 2.24) is 24.9 Å². The zero-order chi connectivity index (χ0) is 37.7. The minimum atomic E-state index is 0.569. The monoisotopic (exact) mass is 717 g/mol. The highest BCUT2D eigenvalue weighted by atomic mass is 15.0. The first-order valence-corrected chi connectivity index (χ1v) is 18.5. The SMILES string of the molecule is C=Cc1ccccc1/C(=C/c1ccc(-c2cc(-c3ccccc3)nc(-c3ccc4ccccc4c3)n2)cc1)c1nc(-c2ccccc2)nc(-c2ccccc2)n1. The lowest BCUT2D eigenvalue weighted by Crippen LogP contribution is -2.04. The lowest BCUT2D eigenvalue weighted by molar-refractivity contribution is 1.04. The van der Waals surface area contributed by atoms with E-state index in [1.807, 2.05) is 97.1 Å². The van der Waals surface area contributed by atoms with E-state index in [1.165, 1.54) is 5.39 Å². The number of benzene rings is 7. The number of fused-ring (bicyclic) bond motifs is 1. The van der Waals surface area contributed by atoms with Crippen LogP contribution in [0.2, 0.25) is 0 Å². The second kappa shape index (κ2) is 15.4. The minimum Gasteiger partial charge on any atom is -0.228 e. The molecule has 5 nitrogen and oxygen atoms in total. The highest BCUT2D eigenvalue weighted by molar-refractivity contribution is 5.93. The summed E-state index contributed by atoms with van der Waals surface area (Å²) in [5, 5.41) is 2.33. The van der Waals surface area contributed by atoms with Crippen molar-refractivity contribution in [2.24, 2.45) is 0 Å². The van der Waals surface area contributed by atoms with Crippen LogP contribution in [0.5, 0.6) is 0 Å². The predicted molar refractivity (Wildman–Crippen MR) is 230 cm³/mol. The van der Waals surface area contributed by atoms with E-state index >= 15 is 0 Å². The maximum Gasteiger partial charge on any atom is 0.164 e. The summed E-state index contributed by atoms with van der Waals surface area (Å²) in [4.78, 5) is 25.3. The lowest BCUT2D eigenvalue weighted by atomic mass is 9.96. The molecule has 0 spiro atoms. The fourth-order valence-corrected chi connectivity index (χ4v) is 6.84. The van der Waals surface area contributed by atoms with Crippen LogP contribution < -0.4 is 0 Å². The molecule has 264 valence electrons. The number of aromatic nitrogens is 5. The molecule has 0 N–H and O–H groups in total. The van der Waals surface area contributed by atoms with E-state index in [1.54, 1.807) is 0 Å². The number of nitrogens with zero attached hydrogens (tertiary/aromatic N) is 5. The number of hydrogen-bond acceptors (Lipinski definition) is 5. The molecule has 0 bridgehead atoms. The maximum atomic E-state index is 5.13. The zero-order valence-corrected chi connectivity index (χ0v) is 30.5. The second-order valence-electron chi connectivity index (χ2n) is 13.4. The third-order valence-electron chi connectivity index (χ3n) is 9.73. The Bertz CT molecular complexity index is 2790. The summed E-state index contributed by atoms with van der Waals surface area (Å²) in [5.74, 6) is 2.45. The summed E-state index contributed by atoms with van der Waals surface area (Å²) in [6.07, 6.45) is 4.01. The standard InChI is InChI=1S/C51H35N5/c1-2-36-16-14-15-25-44(36)45(51-55-48(40-20-8-4-9-21-40)54-49(56-51)41-22-10-5-11-23-41)32-35-26-28-39(29-27-35)47-34-46(38-18-6-3-7-19-38)52-50(53-47)43-31-30-37-17-12-13-24-42(37)33-43/h2-34H,1H2/b45-32-. The Morgan fingerprint density at radius 1 is 0.393 bits per heavy atom. The smallest absolute Gasteiger partial charge is 0.164 e. The Balaban J connectivity index is 1.17. The molecule has 5 heteroatoms. The van der Waals surface area contributed by atoms with E-state index < -0.39 is 0 Å². The van der Waals surface area contributed by atoms with Gasteiger partial charge in [0.25, 0.3) is 0 Å². The molecular weight excluding hydrogens is 683 g/mol. The summed E-state index contributed by atoms with van der Waals surface area (Å²) in [7, 11) is 0. The van der Waals surface area contributed by atoms with Crippen LogP contribution in [0.3, 0.4) is 0 Å². The zero-order valence-electron chi connectivity index (χ0n) is 30.5. The molecule has 0 atom stereocenters. The number of rotatable bonds is 9. The molecule has 9 aromatic rings. The van der Waals surface area contributed by atoms with Crippen LogP contribution in [0, 0.1) is 0 Å². The fraction of sp³-hybridized carbons (Fsp3) is 0.